The van der Waals surface area contributed by atoms with E-state index in [1.165, 1.54) is 45.2 Å². The van der Waals surface area contributed by atoms with Crippen LogP contribution in [0.3, 0.4) is 0 Å². The molecule has 0 radical (unpaired) electrons. The van der Waals surface area contributed by atoms with Crippen molar-refractivity contribution in [2.24, 2.45) is 0 Å². The first kappa shape index (κ1) is 19.7. The number of aliphatic hydroxyl groups is 1. The first-order valence-electron chi connectivity index (χ1n) is 7.66. The SMILES string of the molecule is COc1ccc(C(=C(c2ccc(O)cc2O)C(F)(F)F)C(C)(C)O)cc1. The van der Waals surface area contributed by atoms with Crippen LogP contribution in [0.2, 0.25) is 0 Å². The van der Waals surface area contributed by atoms with Crippen LogP contribution in [-0.2, 0) is 0 Å². The lowest BCUT2D eigenvalue weighted by Crippen LogP contribution is -2.26. The first-order chi connectivity index (χ1) is 11.9. The Balaban J connectivity index is 2.88. The second-order valence-corrected chi connectivity index (χ2v) is 6.24. The molecule has 0 unspecified atom stereocenters. The van der Waals surface area contributed by atoms with Gasteiger partial charge in [-0.25, -0.2) is 0 Å². The van der Waals surface area contributed by atoms with Gasteiger partial charge in [-0.2, -0.15) is 13.2 Å². The van der Waals surface area contributed by atoms with Gasteiger partial charge in [0.2, 0.25) is 0 Å². The van der Waals surface area contributed by atoms with E-state index in [0.717, 1.165) is 18.2 Å². The molecule has 0 aliphatic heterocycles. The Morgan fingerprint density at radius 2 is 1.50 bits per heavy atom. The fourth-order valence-electron chi connectivity index (χ4n) is 2.72. The van der Waals surface area contributed by atoms with Crippen LogP contribution in [0.5, 0.6) is 17.2 Å². The lowest BCUT2D eigenvalue weighted by molar-refractivity contribution is -0.0694. The van der Waals surface area contributed by atoms with Crippen molar-refractivity contribution in [2.75, 3.05) is 7.11 Å². The van der Waals surface area contributed by atoms with Gasteiger partial charge in [-0.1, -0.05) is 12.1 Å². The van der Waals surface area contributed by atoms with E-state index < -0.39 is 34.2 Å². The summed E-state index contributed by atoms with van der Waals surface area (Å²) in [6.07, 6.45) is -4.87. The van der Waals surface area contributed by atoms with Gasteiger partial charge in [-0.3, -0.25) is 0 Å². The molecule has 0 bridgehead atoms. The van der Waals surface area contributed by atoms with Gasteiger partial charge < -0.3 is 20.1 Å². The number of methoxy groups -OCH3 is 1. The van der Waals surface area contributed by atoms with Crippen LogP contribution in [-0.4, -0.2) is 34.2 Å². The van der Waals surface area contributed by atoms with Crippen LogP contribution in [0.1, 0.15) is 25.0 Å². The molecular formula is C19H19F3O4. The van der Waals surface area contributed by atoms with Gasteiger partial charge in [0.25, 0.3) is 0 Å². The van der Waals surface area contributed by atoms with E-state index >= 15 is 0 Å². The average Bonchev–Trinajstić information content (AvgIpc) is 2.51. The lowest BCUT2D eigenvalue weighted by atomic mass is 9.84. The first-order valence-corrected chi connectivity index (χ1v) is 7.66. The molecule has 26 heavy (non-hydrogen) atoms. The monoisotopic (exact) mass is 368 g/mol. The molecule has 0 fully saturated rings. The van der Waals surface area contributed by atoms with E-state index in [1.54, 1.807) is 0 Å². The van der Waals surface area contributed by atoms with Crippen LogP contribution in [0, 0.1) is 0 Å². The summed E-state index contributed by atoms with van der Waals surface area (Å²) in [5.74, 6) is -0.667. The molecule has 4 nitrogen and oxygen atoms in total. The molecule has 0 aliphatic carbocycles. The van der Waals surface area contributed by atoms with Gasteiger partial charge in [0.1, 0.15) is 17.2 Å². The van der Waals surface area contributed by atoms with Crippen LogP contribution < -0.4 is 4.74 Å². The number of halogens is 3. The summed E-state index contributed by atoms with van der Waals surface area (Å²) in [5, 5.41) is 29.8. The zero-order valence-electron chi connectivity index (χ0n) is 14.4. The van der Waals surface area contributed by atoms with E-state index in [-0.39, 0.29) is 11.3 Å². The topological polar surface area (TPSA) is 69.9 Å². The Kier molecular flexibility index (Phi) is 5.23. The van der Waals surface area contributed by atoms with E-state index in [2.05, 4.69) is 0 Å². The normalized spacial score (nSPS) is 13.3. The van der Waals surface area contributed by atoms with Gasteiger partial charge in [-0.05, 0) is 43.7 Å². The molecule has 0 saturated carbocycles. The fourth-order valence-corrected chi connectivity index (χ4v) is 2.72. The molecule has 7 heteroatoms. The minimum atomic E-state index is -4.87. The smallest absolute Gasteiger partial charge is 0.417 e. The highest BCUT2D eigenvalue weighted by Crippen LogP contribution is 2.46. The Bertz CT molecular complexity index is 816. The minimum absolute atomic E-state index is 0.123. The summed E-state index contributed by atoms with van der Waals surface area (Å²) >= 11 is 0. The molecule has 0 amide bonds. The van der Waals surface area contributed by atoms with Gasteiger partial charge in [0.15, 0.2) is 0 Å². The second-order valence-electron chi connectivity index (χ2n) is 6.24. The van der Waals surface area contributed by atoms with E-state index in [0.29, 0.717) is 5.75 Å². The third-order valence-corrected chi connectivity index (χ3v) is 3.77. The highest BCUT2D eigenvalue weighted by molar-refractivity contribution is 5.97. The van der Waals surface area contributed by atoms with Crippen LogP contribution in [0.4, 0.5) is 13.2 Å². The largest absolute Gasteiger partial charge is 0.508 e. The molecule has 2 aromatic carbocycles. The summed E-state index contributed by atoms with van der Waals surface area (Å²) in [4.78, 5) is 0. The molecule has 3 N–H and O–H groups in total. The number of hydrogen-bond acceptors (Lipinski definition) is 4. The maximum atomic E-state index is 13.9. The molecule has 140 valence electrons. The molecule has 0 aliphatic rings. The Morgan fingerprint density at radius 3 is 1.92 bits per heavy atom. The summed E-state index contributed by atoms with van der Waals surface area (Å²) in [6.45, 7) is 2.46. The maximum absolute atomic E-state index is 13.9. The third-order valence-electron chi connectivity index (χ3n) is 3.77. The number of hydrogen-bond donors (Lipinski definition) is 3. The number of rotatable bonds is 4. The molecular weight excluding hydrogens is 349 g/mol. The third kappa shape index (κ3) is 4.11. The molecule has 0 saturated heterocycles. The highest BCUT2D eigenvalue weighted by Gasteiger charge is 2.42. The molecule has 0 heterocycles. The number of benzene rings is 2. The zero-order valence-corrected chi connectivity index (χ0v) is 14.4. The standard InChI is InChI=1S/C19H19F3O4/c1-18(2,25)16(11-4-7-13(26-3)8-5-11)17(19(20,21)22)14-9-6-12(23)10-15(14)24/h4-10,23-25H,1-3H3. The quantitative estimate of drug-likeness (QED) is 0.702. The fraction of sp³-hybridized carbons (Fsp3) is 0.263. The number of phenolic OH excluding ortho intramolecular Hbond substituents is 2. The Morgan fingerprint density at radius 1 is 0.923 bits per heavy atom. The van der Waals surface area contributed by atoms with E-state index in [9.17, 15) is 28.5 Å². The van der Waals surface area contributed by atoms with Crippen molar-refractivity contribution in [3.05, 3.63) is 53.6 Å². The number of allylic oxidation sites excluding steroid dienone is 1. The number of ether oxygens (including phenoxy) is 1. The summed E-state index contributed by atoms with van der Waals surface area (Å²) < 4.78 is 46.8. The minimum Gasteiger partial charge on any atom is -0.508 e. The molecule has 0 atom stereocenters. The van der Waals surface area contributed by atoms with Crippen molar-refractivity contribution >= 4 is 11.1 Å². The van der Waals surface area contributed by atoms with Crippen molar-refractivity contribution < 1.29 is 33.2 Å². The van der Waals surface area contributed by atoms with Gasteiger partial charge in [-0.15, -0.1) is 0 Å². The molecule has 2 aromatic rings. The summed E-state index contributed by atoms with van der Waals surface area (Å²) in [6, 6.07) is 8.57. The molecule has 0 aromatic heterocycles. The summed E-state index contributed by atoms with van der Waals surface area (Å²) in [5.41, 5.74) is -3.88. The van der Waals surface area contributed by atoms with Crippen molar-refractivity contribution in [1.29, 1.82) is 0 Å². The van der Waals surface area contributed by atoms with Crippen molar-refractivity contribution in [1.82, 2.24) is 0 Å². The van der Waals surface area contributed by atoms with Crippen LogP contribution >= 0.6 is 0 Å². The van der Waals surface area contributed by atoms with E-state index in [4.69, 9.17) is 4.74 Å². The van der Waals surface area contributed by atoms with Crippen molar-refractivity contribution in [3.8, 4) is 17.2 Å². The van der Waals surface area contributed by atoms with Crippen LogP contribution in [0.15, 0.2) is 42.5 Å². The zero-order chi connectivity index (χ0) is 19.7. The highest BCUT2D eigenvalue weighted by atomic mass is 19.4. The van der Waals surface area contributed by atoms with Gasteiger partial charge >= 0.3 is 6.18 Å². The number of alkyl halides is 3. The van der Waals surface area contributed by atoms with E-state index in [1.807, 2.05) is 0 Å². The predicted octanol–water partition coefficient (Wildman–Crippen LogP) is 4.35. The number of phenols is 2. The number of aromatic hydroxyl groups is 2. The van der Waals surface area contributed by atoms with Crippen molar-refractivity contribution in [3.63, 3.8) is 0 Å². The average molecular weight is 368 g/mol. The maximum Gasteiger partial charge on any atom is 0.417 e. The Labute approximate surface area is 148 Å². The predicted molar refractivity (Wildman–Crippen MR) is 91.9 cm³/mol. The molecule has 2 rings (SSSR count). The lowest BCUT2D eigenvalue weighted by Gasteiger charge is -2.28. The Hall–Kier alpha value is -2.67. The van der Waals surface area contributed by atoms with Crippen molar-refractivity contribution in [2.45, 2.75) is 25.6 Å². The van der Waals surface area contributed by atoms with Gasteiger partial charge in [0.05, 0.1) is 18.3 Å². The van der Waals surface area contributed by atoms with Gasteiger partial charge in [0, 0.05) is 17.2 Å². The second kappa shape index (κ2) is 6.92. The summed E-state index contributed by atoms with van der Waals surface area (Å²) in [7, 11) is 1.43. The van der Waals surface area contributed by atoms with Crippen LogP contribution in [0.25, 0.3) is 11.1 Å². The molecule has 0 spiro atoms.